The highest BCUT2D eigenvalue weighted by molar-refractivity contribution is 6.30. The Labute approximate surface area is 162 Å². The second-order valence-electron chi connectivity index (χ2n) is 7.25. The van der Waals surface area contributed by atoms with E-state index < -0.39 is 6.09 Å². The molecule has 1 aliphatic rings. The zero-order valence-corrected chi connectivity index (χ0v) is 16.6. The molecule has 0 aliphatic heterocycles. The number of ether oxygens (including phenoxy) is 2. The molecule has 1 fully saturated rings. The summed E-state index contributed by atoms with van der Waals surface area (Å²) in [5.74, 6) is 1.000. The number of hydrogen-bond acceptors (Lipinski definition) is 4. The van der Waals surface area contributed by atoms with Gasteiger partial charge in [0.15, 0.2) is 0 Å². The van der Waals surface area contributed by atoms with Crippen LogP contribution in [0.25, 0.3) is 0 Å². The van der Waals surface area contributed by atoms with Crippen molar-refractivity contribution in [3.05, 3.63) is 29.3 Å². The minimum atomic E-state index is -0.411. The number of hydrogen-bond donors (Lipinski definition) is 1. The van der Waals surface area contributed by atoms with Crippen molar-refractivity contribution in [1.29, 1.82) is 0 Å². The standard InChI is InChI=1S/C20H31ClN2O3/c1-23(2)13-3-4-14-25-18-9-5-16(6-10-18)15-22-20(24)26-19-11-7-17(21)8-12-19/h7-8,11-12,16,18H,3-6,9-10,13-15H2,1-2H3,(H,22,24). The van der Waals surface area contributed by atoms with Gasteiger partial charge in [0, 0.05) is 18.2 Å². The van der Waals surface area contributed by atoms with E-state index in [1.54, 1.807) is 24.3 Å². The average molecular weight is 383 g/mol. The summed E-state index contributed by atoms with van der Waals surface area (Å²) in [4.78, 5) is 14.1. The summed E-state index contributed by atoms with van der Waals surface area (Å²) < 4.78 is 11.2. The minimum absolute atomic E-state index is 0.381. The molecule has 2 rings (SSSR count). The molecule has 26 heavy (non-hydrogen) atoms. The third-order valence-electron chi connectivity index (χ3n) is 4.71. The molecule has 0 unspecified atom stereocenters. The lowest BCUT2D eigenvalue weighted by Crippen LogP contribution is -2.34. The lowest BCUT2D eigenvalue weighted by atomic mass is 9.87. The molecule has 1 saturated carbocycles. The lowest BCUT2D eigenvalue weighted by molar-refractivity contribution is 0.0161. The van der Waals surface area contributed by atoms with Crippen molar-refractivity contribution >= 4 is 17.7 Å². The highest BCUT2D eigenvalue weighted by Gasteiger charge is 2.22. The van der Waals surface area contributed by atoms with Crippen LogP contribution in [0.1, 0.15) is 38.5 Å². The molecule has 1 aliphatic carbocycles. The summed E-state index contributed by atoms with van der Waals surface area (Å²) in [5.41, 5.74) is 0. The first-order valence-electron chi connectivity index (χ1n) is 9.50. The van der Waals surface area contributed by atoms with Gasteiger partial charge in [0.2, 0.25) is 0 Å². The van der Waals surface area contributed by atoms with E-state index in [-0.39, 0.29) is 0 Å². The maximum atomic E-state index is 11.9. The summed E-state index contributed by atoms with van der Waals surface area (Å²) >= 11 is 5.81. The lowest BCUT2D eigenvalue weighted by Gasteiger charge is -2.28. The molecular weight excluding hydrogens is 352 g/mol. The predicted molar refractivity (Wildman–Crippen MR) is 105 cm³/mol. The molecule has 0 bridgehead atoms. The maximum Gasteiger partial charge on any atom is 0.412 e. The van der Waals surface area contributed by atoms with Gasteiger partial charge in [-0.25, -0.2) is 4.79 Å². The second-order valence-corrected chi connectivity index (χ2v) is 7.68. The van der Waals surface area contributed by atoms with E-state index >= 15 is 0 Å². The van der Waals surface area contributed by atoms with Crippen molar-refractivity contribution in [2.45, 2.75) is 44.6 Å². The van der Waals surface area contributed by atoms with Crippen molar-refractivity contribution in [3.8, 4) is 5.75 Å². The summed E-state index contributed by atoms with van der Waals surface area (Å²) in [6, 6.07) is 6.77. The first kappa shape index (κ1) is 21.0. The maximum absolute atomic E-state index is 11.9. The fraction of sp³-hybridized carbons (Fsp3) is 0.650. The second kappa shape index (κ2) is 11.4. The normalized spacial score (nSPS) is 20.2. The van der Waals surface area contributed by atoms with Crippen LogP contribution in [0.5, 0.6) is 5.75 Å². The Balaban J connectivity index is 1.54. The summed E-state index contributed by atoms with van der Waals surface area (Å²) in [7, 11) is 4.20. The molecule has 1 amide bonds. The van der Waals surface area contributed by atoms with E-state index in [0.29, 0.717) is 29.3 Å². The van der Waals surface area contributed by atoms with Gasteiger partial charge in [0.1, 0.15) is 5.75 Å². The number of benzene rings is 1. The zero-order chi connectivity index (χ0) is 18.8. The van der Waals surface area contributed by atoms with E-state index in [0.717, 1.165) is 45.3 Å². The number of carbonyl (C=O) groups excluding carboxylic acids is 1. The fourth-order valence-electron chi connectivity index (χ4n) is 3.16. The summed E-state index contributed by atoms with van der Waals surface area (Å²) in [6.07, 6.45) is 6.60. The highest BCUT2D eigenvalue weighted by Crippen LogP contribution is 2.26. The van der Waals surface area contributed by atoms with Gasteiger partial charge in [-0.05, 0) is 89.3 Å². The molecule has 1 N–H and O–H groups in total. The van der Waals surface area contributed by atoms with Crippen LogP contribution in [0.4, 0.5) is 4.79 Å². The Morgan fingerprint density at radius 3 is 2.50 bits per heavy atom. The fourth-order valence-corrected chi connectivity index (χ4v) is 3.28. The van der Waals surface area contributed by atoms with Gasteiger partial charge in [-0.3, -0.25) is 0 Å². The van der Waals surface area contributed by atoms with Crippen LogP contribution in [0, 0.1) is 5.92 Å². The van der Waals surface area contributed by atoms with Gasteiger partial charge in [-0.15, -0.1) is 0 Å². The van der Waals surface area contributed by atoms with Crippen molar-refractivity contribution in [2.24, 2.45) is 5.92 Å². The van der Waals surface area contributed by atoms with Gasteiger partial charge >= 0.3 is 6.09 Å². The Morgan fingerprint density at radius 1 is 1.15 bits per heavy atom. The Bertz CT molecular complexity index is 528. The van der Waals surface area contributed by atoms with Crippen LogP contribution in [0.15, 0.2) is 24.3 Å². The highest BCUT2D eigenvalue weighted by atomic mass is 35.5. The monoisotopic (exact) mass is 382 g/mol. The average Bonchev–Trinajstić information content (AvgIpc) is 2.62. The SMILES string of the molecule is CN(C)CCCCOC1CCC(CNC(=O)Oc2ccc(Cl)cc2)CC1. The molecule has 146 valence electrons. The molecule has 1 aromatic carbocycles. The van der Waals surface area contributed by atoms with Gasteiger partial charge in [-0.2, -0.15) is 0 Å². The molecule has 0 spiro atoms. The van der Waals surface area contributed by atoms with Gasteiger partial charge in [0.25, 0.3) is 0 Å². The zero-order valence-electron chi connectivity index (χ0n) is 15.9. The molecular formula is C20H31ClN2O3. The number of nitrogens with zero attached hydrogens (tertiary/aromatic N) is 1. The number of rotatable bonds is 9. The van der Waals surface area contributed by atoms with Crippen molar-refractivity contribution in [3.63, 3.8) is 0 Å². The molecule has 1 aromatic rings. The smallest absolute Gasteiger partial charge is 0.410 e. The van der Waals surface area contributed by atoms with Crippen LogP contribution < -0.4 is 10.1 Å². The first-order chi connectivity index (χ1) is 12.5. The summed E-state index contributed by atoms with van der Waals surface area (Å²) in [5, 5.41) is 3.48. The molecule has 0 atom stereocenters. The number of halogens is 1. The largest absolute Gasteiger partial charge is 0.412 e. The van der Waals surface area contributed by atoms with Crippen molar-refractivity contribution in [1.82, 2.24) is 10.2 Å². The predicted octanol–water partition coefficient (Wildman–Crippen LogP) is 4.35. The van der Waals surface area contributed by atoms with E-state index in [4.69, 9.17) is 21.1 Å². The van der Waals surface area contributed by atoms with Crippen LogP contribution >= 0.6 is 11.6 Å². The number of unbranched alkanes of at least 4 members (excludes halogenated alkanes) is 1. The first-order valence-corrected chi connectivity index (χ1v) is 9.88. The molecule has 0 aromatic heterocycles. The number of carbonyl (C=O) groups is 1. The number of amides is 1. The quantitative estimate of drug-likeness (QED) is 0.645. The van der Waals surface area contributed by atoms with E-state index in [2.05, 4.69) is 24.3 Å². The molecule has 5 nitrogen and oxygen atoms in total. The van der Waals surface area contributed by atoms with E-state index in [9.17, 15) is 4.79 Å². The van der Waals surface area contributed by atoms with Gasteiger partial charge < -0.3 is 19.7 Å². The van der Waals surface area contributed by atoms with Crippen LogP contribution in [0.3, 0.4) is 0 Å². The number of nitrogens with one attached hydrogen (secondary N) is 1. The molecule has 0 radical (unpaired) electrons. The van der Waals surface area contributed by atoms with E-state index in [1.807, 2.05) is 0 Å². The summed E-state index contributed by atoms with van der Waals surface area (Å²) in [6.45, 7) is 2.63. The van der Waals surface area contributed by atoms with E-state index in [1.165, 1.54) is 6.42 Å². The van der Waals surface area contributed by atoms with Crippen molar-refractivity contribution in [2.75, 3.05) is 33.8 Å². The Kier molecular flexibility index (Phi) is 9.23. The minimum Gasteiger partial charge on any atom is -0.410 e. The molecule has 6 heteroatoms. The van der Waals surface area contributed by atoms with Gasteiger partial charge in [-0.1, -0.05) is 11.6 Å². The topological polar surface area (TPSA) is 50.8 Å². The van der Waals surface area contributed by atoms with Crippen LogP contribution in [0.2, 0.25) is 5.02 Å². The van der Waals surface area contributed by atoms with Crippen molar-refractivity contribution < 1.29 is 14.3 Å². The van der Waals surface area contributed by atoms with Crippen LogP contribution in [-0.2, 0) is 4.74 Å². The molecule has 0 heterocycles. The third-order valence-corrected chi connectivity index (χ3v) is 4.96. The third kappa shape index (κ3) is 8.39. The Hall–Kier alpha value is -1.30. The van der Waals surface area contributed by atoms with Gasteiger partial charge in [0.05, 0.1) is 6.10 Å². The Morgan fingerprint density at radius 2 is 1.85 bits per heavy atom. The molecule has 0 saturated heterocycles. The van der Waals surface area contributed by atoms with Crippen LogP contribution in [-0.4, -0.2) is 50.9 Å².